The van der Waals surface area contributed by atoms with E-state index >= 15 is 0 Å². The molecule has 104 valence electrons. The first kappa shape index (κ1) is 14.1. The maximum Gasteiger partial charge on any atom is 0.123 e. The Kier molecular flexibility index (Phi) is 5.72. The van der Waals surface area contributed by atoms with Gasteiger partial charge in [0.05, 0.1) is 0 Å². The van der Waals surface area contributed by atoms with Gasteiger partial charge in [-0.05, 0) is 37.0 Å². The van der Waals surface area contributed by atoms with Crippen LogP contribution in [0.25, 0.3) is 0 Å². The summed E-state index contributed by atoms with van der Waals surface area (Å²) >= 11 is 0. The van der Waals surface area contributed by atoms with Crippen molar-refractivity contribution in [3.8, 4) is 0 Å². The third kappa shape index (κ3) is 4.10. The lowest BCUT2D eigenvalue weighted by Crippen LogP contribution is -2.22. The molecule has 0 aliphatic heterocycles. The highest BCUT2D eigenvalue weighted by Crippen LogP contribution is 2.39. The topological polar surface area (TPSA) is 17.1 Å². The Morgan fingerprint density at radius 2 is 1.67 bits per heavy atom. The molecule has 1 heteroatoms. The van der Waals surface area contributed by atoms with Crippen molar-refractivity contribution in [2.24, 2.45) is 23.7 Å². The van der Waals surface area contributed by atoms with Gasteiger partial charge < -0.3 is 4.79 Å². The highest BCUT2D eigenvalue weighted by molar-refractivity contribution is 5.53. The van der Waals surface area contributed by atoms with Gasteiger partial charge in [0.25, 0.3) is 0 Å². The Morgan fingerprint density at radius 1 is 0.944 bits per heavy atom. The summed E-state index contributed by atoms with van der Waals surface area (Å²) in [4.78, 5) is 10.9. The van der Waals surface area contributed by atoms with Crippen LogP contribution in [0.2, 0.25) is 0 Å². The summed E-state index contributed by atoms with van der Waals surface area (Å²) < 4.78 is 0. The fourth-order valence-corrected chi connectivity index (χ4v) is 4.31. The maximum absolute atomic E-state index is 10.9. The molecule has 2 saturated carbocycles. The number of rotatable bonds is 5. The second-order valence-corrected chi connectivity index (χ2v) is 6.84. The molecule has 2 unspecified atom stereocenters. The predicted octanol–water partition coefficient (Wildman–Crippen LogP) is 4.99. The number of hydrogen-bond acceptors (Lipinski definition) is 1. The highest BCUT2D eigenvalue weighted by atomic mass is 16.1. The van der Waals surface area contributed by atoms with E-state index in [9.17, 15) is 4.79 Å². The Hall–Kier alpha value is -0.330. The number of aldehydes is 1. The largest absolute Gasteiger partial charge is 0.303 e. The summed E-state index contributed by atoms with van der Waals surface area (Å²) in [6.07, 6.45) is 16.3. The third-order valence-electron chi connectivity index (χ3n) is 5.35. The molecule has 2 rings (SSSR count). The van der Waals surface area contributed by atoms with Crippen LogP contribution in [0.1, 0.15) is 77.6 Å². The van der Waals surface area contributed by atoms with Crippen LogP contribution >= 0.6 is 0 Å². The second kappa shape index (κ2) is 7.31. The lowest BCUT2D eigenvalue weighted by Gasteiger charge is -2.33. The first-order valence-corrected chi connectivity index (χ1v) is 8.27. The van der Waals surface area contributed by atoms with E-state index in [0.717, 1.165) is 24.2 Å². The van der Waals surface area contributed by atoms with E-state index < -0.39 is 0 Å². The van der Waals surface area contributed by atoms with Crippen LogP contribution in [0, 0.1) is 23.7 Å². The zero-order valence-electron chi connectivity index (χ0n) is 12.1. The van der Waals surface area contributed by atoms with Crippen molar-refractivity contribution in [2.75, 3.05) is 0 Å². The van der Waals surface area contributed by atoms with Crippen LogP contribution in [-0.4, -0.2) is 6.29 Å². The first-order valence-electron chi connectivity index (χ1n) is 8.27. The molecule has 0 spiro atoms. The minimum atomic E-state index is 0.389. The molecule has 2 atom stereocenters. The highest BCUT2D eigenvalue weighted by Gasteiger charge is 2.26. The zero-order chi connectivity index (χ0) is 12.8. The van der Waals surface area contributed by atoms with Crippen molar-refractivity contribution in [1.29, 1.82) is 0 Å². The number of hydrogen-bond donors (Lipinski definition) is 0. The van der Waals surface area contributed by atoms with Crippen LogP contribution in [0.3, 0.4) is 0 Å². The van der Waals surface area contributed by atoms with Crippen molar-refractivity contribution >= 4 is 6.29 Å². The summed E-state index contributed by atoms with van der Waals surface area (Å²) in [6.45, 7) is 2.31. The lowest BCUT2D eigenvalue weighted by atomic mass is 9.72. The van der Waals surface area contributed by atoms with Crippen molar-refractivity contribution in [2.45, 2.75) is 77.6 Å². The molecule has 2 aliphatic rings. The van der Waals surface area contributed by atoms with Gasteiger partial charge in [0.15, 0.2) is 0 Å². The van der Waals surface area contributed by atoms with Gasteiger partial charge in [0.1, 0.15) is 6.29 Å². The fraction of sp³-hybridized carbons (Fsp3) is 0.941. The molecule has 0 heterocycles. The number of carbonyl (C=O) groups excluding carboxylic acids is 1. The fourth-order valence-electron chi connectivity index (χ4n) is 4.31. The summed E-state index contributed by atoms with van der Waals surface area (Å²) in [5, 5.41) is 0. The standard InChI is InChI=1S/C17H30O/c1-2-4-14-7-9-15(10-8-14)11-16-5-3-6-17(12-16)13-18/h13-17H,2-12H2,1H3. The molecule has 1 nitrogen and oxygen atoms in total. The minimum Gasteiger partial charge on any atom is -0.303 e. The molecule has 0 aromatic carbocycles. The van der Waals surface area contributed by atoms with E-state index in [4.69, 9.17) is 0 Å². The summed E-state index contributed by atoms with van der Waals surface area (Å²) in [5.74, 6) is 3.26. The average molecular weight is 250 g/mol. The molecule has 0 saturated heterocycles. The van der Waals surface area contributed by atoms with E-state index in [2.05, 4.69) is 6.92 Å². The average Bonchev–Trinajstić information content (AvgIpc) is 2.42. The summed E-state index contributed by atoms with van der Waals surface area (Å²) in [6, 6.07) is 0. The molecule has 0 amide bonds. The van der Waals surface area contributed by atoms with Crippen LogP contribution < -0.4 is 0 Å². The second-order valence-electron chi connectivity index (χ2n) is 6.84. The van der Waals surface area contributed by atoms with Gasteiger partial charge in [-0.25, -0.2) is 0 Å². The van der Waals surface area contributed by atoms with Gasteiger partial charge in [0, 0.05) is 5.92 Å². The van der Waals surface area contributed by atoms with Gasteiger partial charge in [0.2, 0.25) is 0 Å². The zero-order valence-corrected chi connectivity index (χ0v) is 12.1. The van der Waals surface area contributed by atoms with Crippen molar-refractivity contribution in [3.05, 3.63) is 0 Å². The Balaban J connectivity index is 1.69. The predicted molar refractivity (Wildman–Crippen MR) is 76.5 cm³/mol. The van der Waals surface area contributed by atoms with Gasteiger partial charge in [-0.15, -0.1) is 0 Å². The quantitative estimate of drug-likeness (QED) is 0.628. The summed E-state index contributed by atoms with van der Waals surface area (Å²) in [5.41, 5.74) is 0. The van der Waals surface area contributed by atoms with Crippen LogP contribution in [-0.2, 0) is 4.79 Å². The van der Waals surface area contributed by atoms with Crippen molar-refractivity contribution in [3.63, 3.8) is 0 Å². The molecule has 0 aromatic heterocycles. The Morgan fingerprint density at radius 3 is 2.33 bits per heavy atom. The van der Waals surface area contributed by atoms with Gasteiger partial charge in [-0.2, -0.15) is 0 Å². The van der Waals surface area contributed by atoms with E-state index in [1.165, 1.54) is 70.5 Å². The normalized spacial score (nSPS) is 37.4. The maximum atomic E-state index is 10.9. The molecule has 0 N–H and O–H groups in total. The van der Waals surface area contributed by atoms with Crippen LogP contribution in [0.5, 0.6) is 0 Å². The molecule has 2 fully saturated rings. The molecular formula is C17H30O. The SMILES string of the molecule is CCCC1CCC(CC2CCCC(C=O)C2)CC1. The minimum absolute atomic E-state index is 0.389. The van der Waals surface area contributed by atoms with Gasteiger partial charge >= 0.3 is 0 Å². The molecule has 0 bridgehead atoms. The van der Waals surface area contributed by atoms with Crippen LogP contribution in [0.15, 0.2) is 0 Å². The molecule has 0 aromatic rings. The van der Waals surface area contributed by atoms with Gasteiger partial charge in [-0.1, -0.05) is 58.3 Å². The number of carbonyl (C=O) groups is 1. The first-order chi connectivity index (χ1) is 8.81. The van der Waals surface area contributed by atoms with E-state index in [-0.39, 0.29) is 0 Å². The molecule has 2 aliphatic carbocycles. The molecule has 18 heavy (non-hydrogen) atoms. The van der Waals surface area contributed by atoms with Crippen LogP contribution in [0.4, 0.5) is 0 Å². The molecule has 0 radical (unpaired) electrons. The lowest BCUT2D eigenvalue weighted by molar-refractivity contribution is -0.112. The van der Waals surface area contributed by atoms with E-state index in [1.54, 1.807) is 0 Å². The summed E-state index contributed by atoms with van der Waals surface area (Å²) in [7, 11) is 0. The Labute approximate surface area is 113 Å². The third-order valence-corrected chi connectivity index (χ3v) is 5.35. The smallest absolute Gasteiger partial charge is 0.123 e. The monoisotopic (exact) mass is 250 g/mol. The van der Waals surface area contributed by atoms with Crippen molar-refractivity contribution < 1.29 is 4.79 Å². The van der Waals surface area contributed by atoms with Gasteiger partial charge in [-0.3, -0.25) is 0 Å². The van der Waals surface area contributed by atoms with Crippen molar-refractivity contribution in [1.82, 2.24) is 0 Å². The Bertz CT molecular complexity index is 240. The van der Waals surface area contributed by atoms with E-state index in [1.807, 2.05) is 0 Å². The molecular weight excluding hydrogens is 220 g/mol. The van der Waals surface area contributed by atoms with E-state index in [0.29, 0.717) is 5.92 Å².